The van der Waals surface area contributed by atoms with Crippen molar-refractivity contribution in [3.8, 4) is 11.6 Å². The van der Waals surface area contributed by atoms with E-state index in [2.05, 4.69) is 53.1 Å². The molecule has 6 heteroatoms. The topological polar surface area (TPSA) is 96.0 Å². The fourth-order valence-electron chi connectivity index (χ4n) is 4.60. The molecule has 0 radical (unpaired) electrons. The highest BCUT2D eigenvalue weighted by molar-refractivity contribution is 6.03. The van der Waals surface area contributed by atoms with E-state index in [9.17, 15) is 5.11 Å². The van der Waals surface area contributed by atoms with E-state index in [1.54, 1.807) is 20.4 Å². The maximum Gasteiger partial charge on any atom is 0.198 e. The Bertz CT molecular complexity index is 1170. The number of ether oxygens (including phenoxy) is 1. The number of H-pyrrole nitrogens is 1. The molecule has 0 spiro atoms. The van der Waals surface area contributed by atoms with Crippen LogP contribution in [0.3, 0.4) is 0 Å². The molecule has 0 aliphatic heterocycles. The van der Waals surface area contributed by atoms with Crippen LogP contribution >= 0.6 is 0 Å². The van der Waals surface area contributed by atoms with E-state index in [-0.39, 0.29) is 17.7 Å². The quantitative estimate of drug-likeness (QED) is 0.556. The third kappa shape index (κ3) is 4.49. The van der Waals surface area contributed by atoms with Crippen molar-refractivity contribution in [3.05, 3.63) is 57.4 Å². The third-order valence-corrected chi connectivity index (χ3v) is 6.03. The number of aromatic amines is 1. The average molecular weight is 435 g/mol. The third-order valence-electron chi connectivity index (χ3n) is 6.03. The van der Waals surface area contributed by atoms with Crippen molar-refractivity contribution in [2.45, 2.75) is 46.0 Å². The van der Waals surface area contributed by atoms with Crippen LogP contribution < -0.4 is 21.0 Å². The smallest absolute Gasteiger partial charge is 0.198 e. The normalized spacial score (nSPS) is 18.9. The van der Waals surface area contributed by atoms with Gasteiger partial charge in [-0.2, -0.15) is 0 Å². The zero-order chi connectivity index (χ0) is 23.3. The molecule has 1 aromatic carbocycles. The van der Waals surface area contributed by atoms with Gasteiger partial charge in [0.2, 0.25) is 0 Å². The Labute approximate surface area is 190 Å². The second-order valence-corrected chi connectivity index (χ2v) is 8.07. The molecule has 0 fully saturated rings. The number of allylic oxidation sites excluding steroid dienone is 1. The van der Waals surface area contributed by atoms with E-state index in [1.165, 1.54) is 17.3 Å². The number of aliphatic imine (C=N–C) groups is 2. The lowest BCUT2D eigenvalue weighted by Crippen LogP contribution is -2.34. The number of hydrogen-bond donors (Lipinski definition) is 3. The van der Waals surface area contributed by atoms with Gasteiger partial charge in [0.25, 0.3) is 0 Å². The molecule has 3 rings (SSSR count). The minimum absolute atomic E-state index is 0.109. The first-order chi connectivity index (χ1) is 15.5. The van der Waals surface area contributed by atoms with Gasteiger partial charge in [-0.1, -0.05) is 44.6 Å². The Morgan fingerprint density at radius 2 is 2.06 bits per heavy atom. The second kappa shape index (κ2) is 10.4. The van der Waals surface area contributed by atoms with Crippen LogP contribution in [-0.4, -0.2) is 36.2 Å². The number of methoxy groups -OCH3 is 1. The summed E-state index contributed by atoms with van der Waals surface area (Å²) in [5.74, 6) is 1.43. The SMILES string of the molecule is CCCc1cccc(OC)c1C1C=c2c(C(C)=NC(C=NC)=CN)c(O)[nH]c2=CC1CC. The van der Waals surface area contributed by atoms with Gasteiger partial charge < -0.3 is 20.6 Å². The molecule has 0 saturated heterocycles. The van der Waals surface area contributed by atoms with Crippen LogP contribution in [0, 0.1) is 5.92 Å². The van der Waals surface area contributed by atoms with Crippen molar-refractivity contribution < 1.29 is 9.84 Å². The number of nitrogens with one attached hydrogen (secondary N) is 1. The number of hydrogen-bond acceptors (Lipinski definition) is 5. The van der Waals surface area contributed by atoms with Gasteiger partial charge in [0.1, 0.15) is 5.75 Å². The molecule has 0 amide bonds. The van der Waals surface area contributed by atoms with Crippen LogP contribution in [0.2, 0.25) is 0 Å². The summed E-state index contributed by atoms with van der Waals surface area (Å²) < 4.78 is 5.79. The largest absolute Gasteiger partial charge is 0.496 e. The Morgan fingerprint density at radius 1 is 1.28 bits per heavy atom. The first-order valence-corrected chi connectivity index (χ1v) is 11.2. The number of nitrogens with two attached hydrogens (primary N) is 1. The fraction of sp³-hybridized carbons (Fsp3) is 0.385. The number of aromatic hydroxyl groups is 1. The summed E-state index contributed by atoms with van der Waals surface area (Å²) in [6.07, 6.45) is 10.5. The monoisotopic (exact) mass is 434 g/mol. The molecule has 1 heterocycles. The summed E-state index contributed by atoms with van der Waals surface area (Å²) in [5.41, 5.74) is 10.1. The molecule has 1 aliphatic carbocycles. The van der Waals surface area contributed by atoms with E-state index in [4.69, 9.17) is 10.5 Å². The minimum atomic E-state index is 0.109. The van der Waals surface area contributed by atoms with Crippen LogP contribution in [0.5, 0.6) is 11.6 Å². The molecule has 0 bridgehead atoms. The molecule has 1 aromatic heterocycles. The predicted octanol–water partition coefficient (Wildman–Crippen LogP) is 3.38. The van der Waals surface area contributed by atoms with Crippen LogP contribution in [0.15, 0.2) is 40.1 Å². The Kier molecular flexibility index (Phi) is 7.57. The summed E-state index contributed by atoms with van der Waals surface area (Å²) in [7, 11) is 3.40. The fourth-order valence-corrected chi connectivity index (χ4v) is 4.60. The average Bonchev–Trinajstić information content (AvgIpc) is 3.12. The lowest BCUT2D eigenvalue weighted by atomic mass is 9.78. The van der Waals surface area contributed by atoms with Crippen molar-refractivity contribution in [2.24, 2.45) is 21.6 Å². The number of nitrogens with zero attached hydrogens (tertiary/aromatic N) is 2. The summed E-state index contributed by atoms with van der Waals surface area (Å²) in [6, 6.07) is 6.30. The van der Waals surface area contributed by atoms with Gasteiger partial charge in [-0.3, -0.25) is 4.99 Å². The van der Waals surface area contributed by atoms with Crippen LogP contribution in [-0.2, 0) is 6.42 Å². The van der Waals surface area contributed by atoms with Gasteiger partial charge in [-0.15, -0.1) is 0 Å². The van der Waals surface area contributed by atoms with Crippen molar-refractivity contribution in [1.82, 2.24) is 4.98 Å². The highest BCUT2D eigenvalue weighted by Gasteiger charge is 2.28. The summed E-state index contributed by atoms with van der Waals surface area (Å²) in [5, 5.41) is 12.6. The van der Waals surface area contributed by atoms with E-state index in [0.29, 0.717) is 17.0 Å². The van der Waals surface area contributed by atoms with Crippen LogP contribution in [0.4, 0.5) is 0 Å². The molecule has 0 saturated carbocycles. The number of rotatable bonds is 8. The number of aromatic nitrogens is 1. The number of benzene rings is 1. The summed E-state index contributed by atoms with van der Waals surface area (Å²) >= 11 is 0. The van der Waals surface area contributed by atoms with E-state index in [0.717, 1.165) is 35.6 Å². The lowest BCUT2D eigenvalue weighted by molar-refractivity contribution is 0.404. The first kappa shape index (κ1) is 23.4. The highest BCUT2D eigenvalue weighted by atomic mass is 16.5. The van der Waals surface area contributed by atoms with Crippen molar-refractivity contribution in [1.29, 1.82) is 0 Å². The Balaban J connectivity index is 2.25. The van der Waals surface area contributed by atoms with E-state index < -0.39 is 0 Å². The molecule has 4 N–H and O–H groups in total. The molecule has 1 aliphatic rings. The second-order valence-electron chi connectivity index (χ2n) is 8.07. The summed E-state index contributed by atoms with van der Waals surface area (Å²) in [6.45, 7) is 6.26. The Morgan fingerprint density at radius 3 is 2.69 bits per heavy atom. The van der Waals surface area contributed by atoms with Gasteiger partial charge in [-0.25, -0.2) is 4.99 Å². The summed E-state index contributed by atoms with van der Waals surface area (Å²) in [4.78, 5) is 11.7. The van der Waals surface area contributed by atoms with Crippen LogP contribution in [0.25, 0.3) is 12.2 Å². The maximum atomic E-state index is 10.8. The molecular weight excluding hydrogens is 400 g/mol. The first-order valence-electron chi connectivity index (χ1n) is 11.2. The highest BCUT2D eigenvalue weighted by Crippen LogP contribution is 2.39. The van der Waals surface area contributed by atoms with Crippen LogP contribution in [0.1, 0.15) is 56.2 Å². The van der Waals surface area contributed by atoms with E-state index in [1.807, 2.05) is 13.0 Å². The molecule has 170 valence electrons. The maximum absolute atomic E-state index is 10.8. The molecular formula is C26H34N4O2. The van der Waals surface area contributed by atoms with E-state index >= 15 is 0 Å². The lowest BCUT2D eigenvalue weighted by Gasteiger charge is -2.27. The zero-order valence-electron chi connectivity index (χ0n) is 19.6. The van der Waals surface area contributed by atoms with Crippen molar-refractivity contribution >= 4 is 24.1 Å². The van der Waals surface area contributed by atoms with Crippen molar-refractivity contribution in [3.63, 3.8) is 0 Å². The number of aryl methyl sites for hydroxylation is 1. The van der Waals surface area contributed by atoms with Gasteiger partial charge in [0, 0.05) is 41.5 Å². The standard InChI is InChI=1S/C26H34N4O2/c1-6-9-18-10-8-11-23(32-5)25(18)20-13-21-22(12-17(20)7-2)30-26(31)24(21)16(3)29-19(14-27)15-28-4/h8,10-15,17,20,30-31H,6-7,9,27H2,1-5H3. The Hall–Kier alpha value is -3.28. The number of fused-ring (bicyclic) bond motifs is 1. The van der Waals surface area contributed by atoms with Gasteiger partial charge in [0.05, 0.1) is 24.1 Å². The minimum Gasteiger partial charge on any atom is -0.496 e. The molecule has 2 unspecified atom stereocenters. The van der Waals surface area contributed by atoms with Gasteiger partial charge in [-0.05, 0) is 37.3 Å². The molecule has 2 atom stereocenters. The predicted molar refractivity (Wildman–Crippen MR) is 133 cm³/mol. The zero-order valence-corrected chi connectivity index (χ0v) is 19.6. The molecule has 6 nitrogen and oxygen atoms in total. The van der Waals surface area contributed by atoms with Crippen molar-refractivity contribution in [2.75, 3.05) is 14.2 Å². The van der Waals surface area contributed by atoms with Gasteiger partial charge >= 0.3 is 0 Å². The molecule has 2 aromatic rings. The van der Waals surface area contributed by atoms with Gasteiger partial charge in [0.15, 0.2) is 5.88 Å². The molecule has 32 heavy (non-hydrogen) atoms.